The Bertz CT molecular complexity index is 734. The Kier molecular flexibility index (Phi) is 5.40. The van der Waals surface area contributed by atoms with Crippen LogP contribution in [0.25, 0.3) is 0 Å². The van der Waals surface area contributed by atoms with Gasteiger partial charge in [0.05, 0.1) is 18.3 Å². The standard InChI is InChI=1S/C19H23FN4O/c1-3-13-8-9-14(21-11-13)12-24(2)19(25)18-10-17(22-23-18)15-6-4-5-7-16(15)20/h4-9,11,17-18,22-23H,3,10,12H2,1-2H3. The number of aryl methyl sites for hydroxylation is 1. The van der Waals surface area contributed by atoms with E-state index in [-0.39, 0.29) is 23.8 Å². The molecule has 1 fully saturated rings. The Labute approximate surface area is 147 Å². The molecule has 1 aliphatic heterocycles. The van der Waals surface area contributed by atoms with Crippen LogP contribution in [0.2, 0.25) is 0 Å². The van der Waals surface area contributed by atoms with Gasteiger partial charge in [0.2, 0.25) is 5.91 Å². The number of carbonyl (C=O) groups excluding carboxylic acids is 1. The monoisotopic (exact) mass is 342 g/mol. The zero-order valence-corrected chi connectivity index (χ0v) is 14.5. The first kappa shape index (κ1) is 17.5. The van der Waals surface area contributed by atoms with Gasteiger partial charge in [0.15, 0.2) is 0 Å². The van der Waals surface area contributed by atoms with Crippen molar-refractivity contribution < 1.29 is 9.18 Å². The number of amides is 1. The molecule has 1 saturated heterocycles. The molecule has 0 saturated carbocycles. The molecule has 0 aliphatic carbocycles. The van der Waals surface area contributed by atoms with Crippen LogP contribution in [0.5, 0.6) is 0 Å². The number of hydrogen-bond acceptors (Lipinski definition) is 4. The lowest BCUT2D eigenvalue weighted by atomic mass is 10.0. The van der Waals surface area contributed by atoms with Gasteiger partial charge in [-0.2, -0.15) is 0 Å². The molecule has 2 atom stereocenters. The Morgan fingerprint density at radius 3 is 2.76 bits per heavy atom. The molecular formula is C19H23FN4O. The van der Waals surface area contributed by atoms with Gasteiger partial charge in [-0.25, -0.2) is 15.2 Å². The van der Waals surface area contributed by atoms with E-state index in [4.69, 9.17) is 0 Å². The number of nitrogens with one attached hydrogen (secondary N) is 2. The summed E-state index contributed by atoms with van der Waals surface area (Å²) in [6.07, 6.45) is 3.29. The highest BCUT2D eigenvalue weighted by Crippen LogP contribution is 2.25. The lowest BCUT2D eigenvalue weighted by Crippen LogP contribution is -2.43. The van der Waals surface area contributed by atoms with Gasteiger partial charge in [-0.15, -0.1) is 0 Å². The quantitative estimate of drug-likeness (QED) is 0.876. The smallest absolute Gasteiger partial charge is 0.241 e. The first-order valence-electron chi connectivity index (χ1n) is 8.52. The van der Waals surface area contributed by atoms with Gasteiger partial charge in [0.1, 0.15) is 11.9 Å². The van der Waals surface area contributed by atoms with Crippen LogP contribution in [-0.2, 0) is 17.8 Å². The summed E-state index contributed by atoms with van der Waals surface area (Å²) < 4.78 is 13.9. The fourth-order valence-corrected chi connectivity index (χ4v) is 3.02. The maximum absolute atomic E-state index is 13.9. The number of carbonyl (C=O) groups is 1. The second-order valence-corrected chi connectivity index (χ2v) is 6.36. The van der Waals surface area contributed by atoms with Crippen molar-refractivity contribution in [3.63, 3.8) is 0 Å². The van der Waals surface area contributed by atoms with Crippen molar-refractivity contribution in [1.82, 2.24) is 20.7 Å². The van der Waals surface area contributed by atoms with Crippen LogP contribution in [0.4, 0.5) is 4.39 Å². The number of likely N-dealkylation sites (N-methyl/N-ethyl adjacent to an activating group) is 1. The fourth-order valence-electron chi connectivity index (χ4n) is 3.02. The number of aromatic nitrogens is 1. The second-order valence-electron chi connectivity index (χ2n) is 6.36. The Morgan fingerprint density at radius 1 is 1.28 bits per heavy atom. The van der Waals surface area contributed by atoms with Crippen molar-refractivity contribution in [1.29, 1.82) is 0 Å². The Hall–Kier alpha value is -2.31. The third kappa shape index (κ3) is 4.03. The summed E-state index contributed by atoms with van der Waals surface area (Å²) in [6, 6.07) is 10.0. The highest BCUT2D eigenvalue weighted by molar-refractivity contribution is 5.82. The van der Waals surface area contributed by atoms with E-state index >= 15 is 0 Å². The van der Waals surface area contributed by atoms with E-state index in [1.54, 1.807) is 30.1 Å². The predicted octanol–water partition coefficient (Wildman–Crippen LogP) is 2.35. The van der Waals surface area contributed by atoms with Gasteiger partial charge < -0.3 is 4.90 Å². The molecule has 132 valence electrons. The summed E-state index contributed by atoms with van der Waals surface area (Å²) in [5.41, 5.74) is 8.61. The second kappa shape index (κ2) is 7.72. The van der Waals surface area contributed by atoms with Crippen molar-refractivity contribution in [3.8, 4) is 0 Å². The SMILES string of the molecule is CCc1ccc(CN(C)C(=O)C2CC(c3ccccc3F)NN2)nc1. The molecule has 5 nitrogen and oxygen atoms in total. The van der Waals surface area contributed by atoms with Gasteiger partial charge in [0.25, 0.3) is 0 Å². The van der Waals surface area contributed by atoms with Crippen LogP contribution in [0.3, 0.4) is 0 Å². The summed E-state index contributed by atoms with van der Waals surface area (Å²) in [5, 5.41) is 0. The molecular weight excluding hydrogens is 319 g/mol. The number of hydrazine groups is 1. The minimum Gasteiger partial charge on any atom is -0.338 e. The molecule has 1 aromatic heterocycles. The number of halogens is 1. The Balaban J connectivity index is 1.60. The number of nitrogens with zero attached hydrogens (tertiary/aromatic N) is 2. The van der Waals surface area contributed by atoms with Crippen molar-refractivity contribution in [2.75, 3.05) is 7.05 Å². The minimum atomic E-state index is -0.385. The normalized spacial score (nSPS) is 19.8. The number of pyridine rings is 1. The molecule has 2 heterocycles. The first-order chi connectivity index (χ1) is 12.1. The number of rotatable bonds is 5. The molecule has 6 heteroatoms. The molecule has 25 heavy (non-hydrogen) atoms. The number of hydrogen-bond donors (Lipinski definition) is 2. The van der Waals surface area contributed by atoms with Crippen molar-refractivity contribution in [2.24, 2.45) is 0 Å². The highest BCUT2D eigenvalue weighted by Gasteiger charge is 2.33. The molecule has 1 aliphatic rings. The van der Waals surface area contributed by atoms with Crippen LogP contribution in [-0.4, -0.2) is 28.9 Å². The molecule has 2 N–H and O–H groups in total. The average Bonchev–Trinajstić information content (AvgIpc) is 3.12. The van der Waals surface area contributed by atoms with Crippen LogP contribution in [0, 0.1) is 5.82 Å². The fraction of sp³-hybridized carbons (Fsp3) is 0.368. The van der Waals surface area contributed by atoms with E-state index in [0.717, 1.165) is 12.1 Å². The van der Waals surface area contributed by atoms with Gasteiger partial charge >= 0.3 is 0 Å². The average molecular weight is 342 g/mol. The summed E-state index contributed by atoms with van der Waals surface area (Å²) in [7, 11) is 1.76. The predicted molar refractivity (Wildman–Crippen MR) is 93.9 cm³/mol. The van der Waals surface area contributed by atoms with Crippen LogP contribution < -0.4 is 10.9 Å². The maximum Gasteiger partial charge on any atom is 0.241 e. The van der Waals surface area contributed by atoms with E-state index in [9.17, 15) is 9.18 Å². The molecule has 1 aromatic carbocycles. The zero-order valence-electron chi connectivity index (χ0n) is 14.5. The van der Waals surface area contributed by atoms with E-state index < -0.39 is 0 Å². The van der Waals surface area contributed by atoms with Gasteiger partial charge in [0, 0.05) is 18.8 Å². The van der Waals surface area contributed by atoms with Gasteiger partial charge in [-0.3, -0.25) is 9.78 Å². The van der Waals surface area contributed by atoms with E-state index in [0.29, 0.717) is 18.5 Å². The first-order valence-corrected chi connectivity index (χ1v) is 8.52. The largest absolute Gasteiger partial charge is 0.338 e. The van der Waals surface area contributed by atoms with Crippen LogP contribution in [0.1, 0.15) is 36.2 Å². The molecule has 0 bridgehead atoms. The maximum atomic E-state index is 13.9. The lowest BCUT2D eigenvalue weighted by molar-refractivity contribution is -0.132. The molecule has 0 radical (unpaired) electrons. The Morgan fingerprint density at radius 2 is 2.08 bits per heavy atom. The van der Waals surface area contributed by atoms with E-state index in [2.05, 4.69) is 22.8 Å². The minimum absolute atomic E-state index is 0.0345. The molecule has 2 unspecified atom stereocenters. The van der Waals surface area contributed by atoms with Crippen LogP contribution >= 0.6 is 0 Å². The number of benzene rings is 1. The summed E-state index contributed by atoms with van der Waals surface area (Å²) in [6.45, 7) is 2.53. The van der Waals surface area contributed by atoms with E-state index in [1.807, 2.05) is 18.3 Å². The van der Waals surface area contributed by atoms with Crippen molar-refractivity contribution >= 4 is 5.91 Å². The molecule has 1 amide bonds. The summed E-state index contributed by atoms with van der Waals surface area (Å²) >= 11 is 0. The van der Waals surface area contributed by atoms with Crippen molar-refractivity contribution in [2.45, 2.75) is 38.4 Å². The molecule has 3 rings (SSSR count). The zero-order chi connectivity index (χ0) is 17.8. The lowest BCUT2D eigenvalue weighted by Gasteiger charge is -2.20. The molecule has 2 aromatic rings. The van der Waals surface area contributed by atoms with E-state index in [1.165, 1.54) is 11.6 Å². The highest BCUT2D eigenvalue weighted by atomic mass is 19.1. The van der Waals surface area contributed by atoms with Gasteiger partial charge in [-0.1, -0.05) is 31.2 Å². The third-order valence-electron chi connectivity index (χ3n) is 4.55. The molecule has 0 spiro atoms. The topological polar surface area (TPSA) is 57.3 Å². The van der Waals surface area contributed by atoms with Gasteiger partial charge in [-0.05, 0) is 30.5 Å². The van der Waals surface area contributed by atoms with Crippen LogP contribution in [0.15, 0.2) is 42.6 Å². The summed E-state index contributed by atoms with van der Waals surface area (Å²) in [4.78, 5) is 18.7. The third-order valence-corrected chi connectivity index (χ3v) is 4.55. The summed E-state index contributed by atoms with van der Waals surface area (Å²) in [5.74, 6) is -0.295. The van der Waals surface area contributed by atoms with Crippen molar-refractivity contribution in [3.05, 3.63) is 65.2 Å².